The van der Waals surface area contributed by atoms with Crippen LogP contribution in [0.1, 0.15) is 43.9 Å². The number of benzene rings is 3. The van der Waals surface area contributed by atoms with Gasteiger partial charge in [-0.3, -0.25) is 14.5 Å². The van der Waals surface area contributed by atoms with Crippen molar-refractivity contribution in [3.8, 4) is 0 Å². The second-order valence-corrected chi connectivity index (χ2v) is 12.4. The fraction of sp³-hybridized carbons (Fsp3) is 0.378. The molecule has 0 radical (unpaired) electrons. The number of amides is 2. The summed E-state index contributed by atoms with van der Waals surface area (Å²) in [5, 5.41) is 0. The van der Waals surface area contributed by atoms with Crippen molar-refractivity contribution < 1.29 is 38.1 Å². The monoisotopic (exact) mass is 640 g/mol. The number of carbonyl (C=O) groups excluding carboxylic acids is 3. The van der Waals surface area contributed by atoms with Gasteiger partial charge < -0.3 is 29.4 Å². The Morgan fingerprint density at radius 3 is 1.87 bits per heavy atom. The van der Waals surface area contributed by atoms with Crippen LogP contribution in [0.25, 0.3) is 0 Å². The number of nitrogens with two attached hydrogens (primary N) is 1. The Kier molecular flexibility index (Phi) is 9.04. The fourth-order valence-corrected chi connectivity index (χ4v) is 6.85. The van der Waals surface area contributed by atoms with E-state index >= 15 is 0 Å². The zero-order chi connectivity index (χ0) is 33.3. The van der Waals surface area contributed by atoms with Crippen molar-refractivity contribution in [2.45, 2.75) is 63.0 Å². The summed E-state index contributed by atoms with van der Waals surface area (Å²) in [5.74, 6) is -3.80. The van der Waals surface area contributed by atoms with E-state index in [-0.39, 0.29) is 30.9 Å². The Morgan fingerprint density at radius 1 is 0.894 bits per heavy atom. The van der Waals surface area contributed by atoms with Crippen LogP contribution >= 0.6 is 0 Å². The Bertz CT molecular complexity index is 1550. The third-order valence-corrected chi connectivity index (χ3v) is 9.00. The topological polar surface area (TPSA) is 127 Å². The first-order chi connectivity index (χ1) is 22.6. The van der Waals surface area contributed by atoms with E-state index in [1.807, 2.05) is 91.0 Å². The maximum Gasteiger partial charge on any atom is 0.336 e. The minimum Gasteiger partial charge on any atom is -0.463 e. The van der Waals surface area contributed by atoms with Gasteiger partial charge in [0.2, 0.25) is 11.8 Å². The Labute approximate surface area is 274 Å². The molecule has 0 spiro atoms. The molecule has 47 heavy (non-hydrogen) atoms. The van der Waals surface area contributed by atoms with Crippen LogP contribution in [0.15, 0.2) is 102 Å². The highest BCUT2D eigenvalue weighted by Gasteiger charge is 2.58. The van der Waals surface area contributed by atoms with Gasteiger partial charge in [-0.2, -0.15) is 0 Å². The molecular weight excluding hydrogens is 600 g/mol. The summed E-state index contributed by atoms with van der Waals surface area (Å²) in [5.41, 5.74) is 8.37. The van der Waals surface area contributed by atoms with Gasteiger partial charge in [0.25, 0.3) is 0 Å². The molecule has 6 rings (SSSR count). The summed E-state index contributed by atoms with van der Waals surface area (Å²) < 4.78 is 31.6. The highest BCUT2D eigenvalue weighted by Crippen LogP contribution is 2.45. The van der Waals surface area contributed by atoms with Crippen LogP contribution in [-0.2, 0) is 43.7 Å². The molecule has 2 N–H and O–H groups in total. The molecule has 10 heteroatoms. The highest BCUT2D eigenvalue weighted by atomic mass is 16.8. The molecule has 3 aromatic rings. The fourth-order valence-electron chi connectivity index (χ4n) is 6.85. The number of imide groups is 1. The molecule has 3 fully saturated rings. The molecule has 3 aliphatic heterocycles. The standard InChI is InChI=1S/C37H40N2O8/c1-5-43-35(42)29(26-21-28(40)39(4)34(26)41)30(38)32-33-31(46-36(2,3)47-33)27(45-32)22-44-37(23-15-9-6-10-16-23,24-17-11-7-12-18-24)25-19-13-8-14-20-25/h6-20,26-27,31-33H,5,21-22,38H2,1-4H3/b30-29+/t26-,27-,31+,32+,33-/m0/s1. The number of carbonyl (C=O) groups is 3. The maximum atomic E-state index is 13.3. The Hall–Kier alpha value is -4.35. The Balaban J connectivity index is 1.40. The number of hydrogen-bond donors (Lipinski definition) is 1. The predicted octanol–water partition coefficient (Wildman–Crippen LogP) is 4.06. The zero-order valence-electron chi connectivity index (χ0n) is 27.0. The number of nitrogens with zero attached hydrogens (tertiary/aromatic N) is 1. The molecule has 0 aromatic heterocycles. The third kappa shape index (κ3) is 5.98. The molecule has 3 aromatic carbocycles. The summed E-state index contributed by atoms with van der Waals surface area (Å²) in [6.07, 6.45) is -3.22. The van der Waals surface area contributed by atoms with Gasteiger partial charge in [0.1, 0.15) is 30.0 Å². The van der Waals surface area contributed by atoms with Crippen LogP contribution in [0.2, 0.25) is 0 Å². The molecule has 0 saturated carbocycles. The summed E-state index contributed by atoms with van der Waals surface area (Å²) in [4.78, 5) is 39.9. The van der Waals surface area contributed by atoms with E-state index in [4.69, 9.17) is 29.4 Å². The SMILES string of the molecule is CCOC(=O)/C(=C(/N)[C@H]1O[C@@H](COC(c2ccccc2)(c2ccccc2)c2ccccc2)[C@H]2OC(C)(C)O[C@@H]21)[C@@H]1CC(=O)N(C)C1=O. The van der Waals surface area contributed by atoms with Gasteiger partial charge in [-0.25, -0.2) is 4.79 Å². The van der Waals surface area contributed by atoms with Crippen molar-refractivity contribution in [1.29, 1.82) is 0 Å². The smallest absolute Gasteiger partial charge is 0.336 e. The highest BCUT2D eigenvalue weighted by molar-refractivity contribution is 6.09. The average Bonchev–Trinajstić information content (AvgIpc) is 3.66. The third-order valence-electron chi connectivity index (χ3n) is 9.00. The largest absolute Gasteiger partial charge is 0.463 e. The molecule has 246 valence electrons. The van der Waals surface area contributed by atoms with Crippen LogP contribution in [0.4, 0.5) is 0 Å². The first kappa shape index (κ1) is 32.6. The maximum absolute atomic E-state index is 13.3. The molecule has 3 heterocycles. The minimum atomic E-state index is -1.10. The van der Waals surface area contributed by atoms with E-state index in [0.29, 0.717) is 0 Å². The van der Waals surface area contributed by atoms with Gasteiger partial charge in [-0.05, 0) is 37.5 Å². The van der Waals surface area contributed by atoms with Gasteiger partial charge in [0.15, 0.2) is 5.79 Å². The van der Waals surface area contributed by atoms with Crippen molar-refractivity contribution in [3.05, 3.63) is 119 Å². The average molecular weight is 641 g/mol. The first-order valence-corrected chi connectivity index (χ1v) is 15.9. The molecule has 0 unspecified atom stereocenters. The second kappa shape index (κ2) is 13.0. The lowest BCUT2D eigenvalue weighted by Crippen LogP contribution is -2.39. The summed E-state index contributed by atoms with van der Waals surface area (Å²) >= 11 is 0. The number of hydrogen-bond acceptors (Lipinski definition) is 9. The van der Waals surface area contributed by atoms with Crippen LogP contribution in [0.5, 0.6) is 0 Å². The minimum absolute atomic E-state index is 0.0239. The van der Waals surface area contributed by atoms with E-state index in [1.54, 1.807) is 20.8 Å². The van der Waals surface area contributed by atoms with Crippen molar-refractivity contribution in [1.82, 2.24) is 4.90 Å². The van der Waals surface area contributed by atoms with Crippen LogP contribution in [-0.4, -0.2) is 73.1 Å². The lowest BCUT2D eigenvalue weighted by Gasteiger charge is -2.37. The quantitative estimate of drug-likeness (QED) is 0.151. The number of fused-ring (bicyclic) bond motifs is 1. The van der Waals surface area contributed by atoms with Crippen molar-refractivity contribution in [3.63, 3.8) is 0 Å². The van der Waals surface area contributed by atoms with E-state index in [2.05, 4.69) is 0 Å². The zero-order valence-corrected chi connectivity index (χ0v) is 27.0. The van der Waals surface area contributed by atoms with Gasteiger partial charge in [-0.1, -0.05) is 91.0 Å². The van der Waals surface area contributed by atoms with E-state index in [9.17, 15) is 14.4 Å². The number of ether oxygens (including phenoxy) is 5. The molecular formula is C37H40N2O8. The summed E-state index contributed by atoms with van der Waals surface area (Å²) in [7, 11) is 1.38. The molecule has 0 aliphatic carbocycles. The summed E-state index contributed by atoms with van der Waals surface area (Å²) in [6, 6.07) is 29.9. The van der Waals surface area contributed by atoms with Gasteiger partial charge in [0, 0.05) is 13.5 Å². The molecule has 5 atom stereocenters. The van der Waals surface area contributed by atoms with E-state index in [1.165, 1.54) is 7.05 Å². The van der Waals surface area contributed by atoms with Crippen LogP contribution in [0, 0.1) is 5.92 Å². The van der Waals surface area contributed by atoms with Crippen LogP contribution < -0.4 is 5.73 Å². The molecule has 10 nitrogen and oxygen atoms in total. The van der Waals surface area contributed by atoms with Gasteiger partial charge in [0.05, 0.1) is 30.4 Å². The van der Waals surface area contributed by atoms with Crippen molar-refractivity contribution in [2.75, 3.05) is 20.3 Å². The lowest BCUT2D eigenvalue weighted by molar-refractivity contribution is -0.191. The van der Waals surface area contributed by atoms with Crippen LogP contribution in [0.3, 0.4) is 0 Å². The van der Waals surface area contributed by atoms with E-state index in [0.717, 1.165) is 21.6 Å². The number of rotatable bonds is 10. The molecule has 0 bridgehead atoms. The van der Waals surface area contributed by atoms with E-state index < -0.39 is 59.5 Å². The summed E-state index contributed by atoms with van der Waals surface area (Å²) in [6.45, 7) is 5.36. The van der Waals surface area contributed by atoms with Crippen molar-refractivity contribution in [2.24, 2.45) is 11.7 Å². The molecule has 3 saturated heterocycles. The van der Waals surface area contributed by atoms with Crippen molar-refractivity contribution >= 4 is 17.8 Å². The first-order valence-electron chi connectivity index (χ1n) is 15.9. The normalized spacial score (nSPS) is 25.9. The van der Waals surface area contributed by atoms with Gasteiger partial charge in [-0.15, -0.1) is 0 Å². The number of esters is 1. The second-order valence-electron chi connectivity index (χ2n) is 12.4. The predicted molar refractivity (Wildman–Crippen MR) is 171 cm³/mol. The lowest BCUT2D eigenvalue weighted by atomic mass is 9.80. The number of likely N-dealkylation sites (tertiary alicyclic amines) is 1. The molecule has 2 amide bonds. The Morgan fingerprint density at radius 2 is 1.40 bits per heavy atom. The van der Waals surface area contributed by atoms with Gasteiger partial charge >= 0.3 is 5.97 Å². The molecule has 3 aliphatic rings.